The topological polar surface area (TPSA) is 48.9 Å². The van der Waals surface area contributed by atoms with Gasteiger partial charge in [0, 0.05) is 36.6 Å². The molecule has 0 spiro atoms. The van der Waals surface area contributed by atoms with E-state index in [1.807, 2.05) is 0 Å². The molecule has 1 aliphatic carbocycles. The molecule has 0 bridgehead atoms. The van der Waals surface area contributed by atoms with E-state index in [2.05, 4.69) is 55.2 Å². The van der Waals surface area contributed by atoms with Crippen molar-refractivity contribution in [3.8, 4) is 0 Å². The number of rotatable bonds is 7. The van der Waals surface area contributed by atoms with Crippen LogP contribution in [0.1, 0.15) is 46.0 Å². The van der Waals surface area contributed by atoms with Crippen molar-refractivity contribution in [3.63, 3.8) is 0 Å². The number of hydrogen-bond donors (Lipinski definition) is 2. The molecule has 140 valence electrons. The molecule has 1 aliphatic heterocycles. The highest BCUT2D eigenvalue weighted by Crippen LogP contribution is 2.30. The van der Waals surface area contributed by atoms with Gasteiger partial charge < -0.3 is 20.3 Å². The van der Waals surface area contributed by atoms with Crippen LogP contribution in [0.25, 0.3) is 0 Å². The van der Waals surface area contributed by atoms with E-state index >= 15 is 0 Å². The number of thioether (sulfide) groups is 1. The van der Waals surface area contributed by atoms with Gasteiger partial charge in [0.15, 0.2) is 5.96 Å². The SMILES string of the molecule is CCNC(=NCC1(N(C)C)CCOCC1)NC1CCC(SCC)C1. The van der Waals surface area contributed by atoms with Crippen LogP contribution in [0.4, 0.5) is 0 Å². The summed E-state index contributed by atoms with van der Waals surface area (Å²) in [5.74, 6) is 2.20. The Morgan fingerprint density at radius 1 is 1.25 bits per heavy atom. The average molecular weight is 357 g/mol. The molecule has 0 radical (unpaired) electrons. The molecule has 1 heterocycles. The van der Waals surface area contributed by atoms with Crippen molar-refractivity contribution in [2.45, 2.75) is 62.8 Å². The lowest BCUT2D eigenvalue weighted by Crippen LogP contribution is -2.52. The third kappa shape index (κ3) is 5.53. The number of ether oxygens (including phenoxy) is 1. The molecule has 2 atom stereocenters. The van der Waals surface area contributed by atoms with Crippen LogP contribution in [0.2, 0.25) is 0 Å². The van der Waals surface area contributed by atoms with E-state index in [1.54, 1.807) is 0 Å². The first-order chi connectivity index (χ1) is 11.6. The zero-order valence-corrected chi connectivity index (χ0v) is 16.8. The summed E-state index contributed by atoms with van der Waals surface area (Å²) in [6.45, 7) is 7.82. The molecule has 2 N–H and O–H groups in total. The molecule has 2 aliphatic rings. The van der Waals surface area contributed by atoms with Crippen molar-refractivity contribution >= 4 is 17.7 Å². The number of nitrogens with zero attached hydrogens (tertiary/aromatic N) is 2. The van der Waals surface area contributed by atoms with Crippen molar-refractivity contribution in [2.24, 2.45) is 4.99 Å². The van der Waals surface area contributed by atoms with Crippen molar-refractivity contribution in [1.29, 1.82) is 0 Å². The fraction of sp³-hybridized carbons (Fsp3) is 0.944. The van der Waals surface area contributed by atoms with Crippen molar-refractivity contribution in [1.82, 2.24) is 15.5 Å². The molecule has 0 aromatic carbocycles. The zero-order valence-electron chi connectivity index (χ0n) is 15.9. The van der Waals surface area contributed by atoms with Crippen molar-refractivity contribution in [2.75, 3.05) is 46.2 Å². The van der Waals surface area contributed by atoms with Gasteiger partial charge in [-0.1, -0.05) is 6.92 Å². The largest absolute Gasteiger partial charge is 0.381 e. The van der Waals surface area contributed by atoms with Gasteiger partial charge in [0.05, 0.1) is 6.54 Å². The van der Waals surface area contributed by atoms with E-state index in [1.165, 1.54) is 25.0 Å². The number of nitrogens with one attached hydrogen (secondary N) is 2. The smallest absolute Gasteiger partial charge is 0.191 e. The monoisotopic (exact) mass is 356 g/mol. The molecule has 0 aromatic rings. The van der Waals surface area contributed by atoms with Crippen LogP contribution in [0.5, 0.6) is 0 Å². The minimum Gasteiger partial charge on any atom is -0.381 e. The second-order valence-corrected chi connectivity index (χ2v) is 8.74. The van der Waals surface area contributed by atoms with Crippen LogP contribution in [0.15, 0.2) is 4.99 Å². The minimum atomic E-state index is 0.136. The summed E-state index contributed by atoms with van der Waals surface area (Å²) < 4.78 is 5.56. The Kier molecular flexibility index (Phi) is 8.17. The lowest BCUT2D eigenvalue weighted by Gasteiger charge is -2.41. The summed E-state index contributed by atoms with van der Waals surface area (Å²) in [6.07, 6.45) is 5.96. The summed E-state index contributed by atoms with van der Waals surface area (Å²) in [5, 5.41) is 7.93. The van der Waals surface area contributed by atoms with Gasteiger partial charge in [-0.2, -0.15) is 11.8 Å². The second-order valence-electron chi connectivity index (χ2n) is 7.16. The van der Waals surface area contributed by atoms with Crippen LogP contribution < -0.4 is 10.6 Å². The summed E-state index contributed by atoms with van der Waals surface area (Å²) in [7, 11) is 4.34. The molecule has 0 amide bonds. The molecular weight excluding hydrogens is 320 g/mol. The summed E-state index contributed by atoms with van der Waals surface area (Å²) in [4.78, 5) is 7.29. The minimum absolute atomic E-state index is 0.136. The molecule has 0 aromatic heterocycles. The highest BCUT2D eigenvalue weighted by molar-refractivity contribution is 7.99. The molecule has 2 unspecified atom stereocenters. The lowest BCUT2D eigenvalue weighted by atomic mass is 9.89. The quantitative estimate of drug-likeness (QED) is 0.542. The first-order valence-corrected chi connectivity index (χ1v) is 10.6. The Hall–Kier alpha value is -0.460. The average Bonchev–Trinajstić information content (AvgIpc) is 3.01. The lowest BCUT2D eigenvalue weighted by molar-refractivity contribution is -0.00255. The van der Waals surface area contributed by atoms with Gasteiger partial charge in [-0.25, -0.2) is 0 Å². The van der Waals surface area contributed by atoms with Crippen LogP contribution in [-0.4, -0.2) is 73.8 Å². The zero-order chi connectivity index (χ0) is 17.4. The van der Waals surface area contributed by atoms with Gasteiger partial charge in [-0.3, -0.25) is 4.99 Å². The van der Waals surface area contributed by atoms with Crippen LogP contribution in [-0.2, 0) is 4.74 Å². The Morgan fingerprint density at radius 2 is 2.00 bits per heavy atom. The molecule has 2 fully saturated rings. The maximum atomic E-state index is 5.56. The van der Waals surface area contributed by atoms with E-state index in [0.29, 0.717) is 6.04 Å². The first-order valence-electron chi connectivity index (χ1n) is 9.51. The van der Waals surface area contributed by atoms with E-state index in [9.17, 15) is 0 Å². The van der Waals surface area contributed by atoms with E-state index in [-0.39, 0.29) is 5.54 Å². The Morgan fingerprint density at radius 3 is 2.62 bits per heavy atom. The molecule has 2 rings (SSSR count). The number of guanidine groups is 1. The first kappa shape index (κ1) is 19.9. The molecule has 1 saturated carbocycles. The summed E-state index contributed by atoms with van der Waals surface area (Å²) in [5.41, 5.74) is 0.136. The fourth-order valence-electron chi connectivity index (χ4n) is 3.70. The van der Waals surface area contributed by atoms with Gasteiger partial charge >= 0.3 is 0 Å². The molecular formula is C18H36N4OS. The predicted octanol–water partition coefficient (Wildman–Crippen LogP) is 2.33. The second kappa shape index (κ2) is 9.88. The highest BCUT2D eigenvalue weighted by Gasteiger charge is 2.35. The number of aliphatic imine (C=N–C) groups is 1. The van der Waals surface area contributed by atoms with Crippen LogP contribution in [0, 0.1) is 0 Å². The fourth-order valence-corrected chi connectivity index (χ4v) is 4.84. The highest BCUT2D eigenvalue weighted by atomic mass is 32.2. The van der Waals surface area contributed by atoms with E-state index < -0.39 is 0 Å². The van der Waals surface area contributed by atoms with Gasteiger partial charge in [0.25, 0.3) is 0 Å². The van der Waals surface area contributed by atoms with E-state index in [0.717, 1.165) is 50.4 Å². The van der Waals surface area contributed by atoms with E-state index in [4.69, 9.17) is 9.73 Å². The summed E-state index contributed by atoms with van der Waals surface area (Å²) >= 11 is 2.10. The standard InChI is InChI=1S/C18H36N4OS/c1-5-19-17(21-15-7-8-16(13-15)24-6-2)20-14-18(22(3)4)9-11-23-12-10-18/h15-16H,5-14H2,1-4H3,(H2,19,20,21). The molecule has 6 heteroatoms. The summed E-state index contributed by atoms with van der Waals surface area (Å²) in [6, 6.07) is 0.567. The Balaban J connectivity index is 1.94. The Labute approximate surface area is 152 Å². The molecule has 1 saturated heterocycles. The third-order valence-electron chi connectivity index (χ3n) is 5.38. The Bertz CT molecular complexity index is 396. The molecule has 24 heavy (non-hydrogen) atoms. The maximum Gasteiger partial charge on any atom is 0.191 e. The molecule has 5 nitrogen and oxygen atoms in total. The van der Waals surface area contributed by atoms with Gasteiger partial charge in [-0.15, -0.1) is 0 Å². The predicted molar refractivity (Wildman–Crippen MR) is 105 cm³/mol. The van der Waals surface area contributed by atoms with Crippen LogP contribution >= 0.6 is 11.8 Å². The van der Waals surface area contributed by atoms with Crippen molar-refractivity contribution in [3.05, 3.63) is 0 Å². The van der Waals surface area contributed by atoms with Gasteiger partial charge in [0.1, 0.15) is 0 Å². The third-order valence-corrected chi connectivity index (χ3v) is 6.61. The van der Waals surface area contributed by atoms with Gasteiger partial charge in [-0.05, 0) is 58.9 Å². The number of hydrogen-bond acceptors (Lipinski definition) is 4. The maximum absolute atomic E-state index is 5.56. The van der Waals surface area contributed by atoms with Gasteiger partial charge in [0.2, 0.25) is 0 Å². The van der Waals surface area contributed by atoms with Crippen LogP contribution in [0.3, 0.4) is 0 Å². The normalized spacial score (nSPS) is 27.5. The van der Waals surface area contributed by atoms with Crippen molar-refractivity contribution < 1.29 is 4.74 Å². The number of likely N-dealkylation sites (N-methyl/N-ethyl adjacent to an activating group) is 1.